The van der Waals surface area contributed by atoms with E-state index in [-0.39, 0.29) is 0 Å². The molecular formula is C33H58O2. The molecular weight excluding hydrogens is 428 g/mol. The normalized spacial score (nSPS) is 24.3. The van der Waals surface area contributed by atoms with Crippen LogP contribution in [0.3, 0.4) is 0 Å². The standard InChI is InChI=1S/C17H30O.C16H28O/c18-17-15-13-11-9-7-5-3-1-2-4-6-8-10-12-14-16-17;17-16-14-12-10-8-6-4-2-1-3-5-7-9-11-13-15-16/h9,11H,1-8,10,12-16H2;8,10H,1-7,9,11-15H2/b11-9-;10-8+. The Labute approximate surface area is 218 Å². The van der Waals surface area contributed by atoms with Gasteiger partial charge in [0, 0.05) is 25.7 Å². The van der Waals surface area contributed by atoms with Crippen molar-refractivity contribution in [1.29, 1.82) is 0 Å². The van der Waals surface area contributed by atoms with Gasteiger partial charge in [-0.25, -0.2) is 0 Å². The molecule has 0 spiro atoms. The van der Waals surface area contributed by atoms with E-state index in [9.17, 15) is 9.59 Å². The van der Waals surface area contributed by atoms with Gasteiger partial charge in [0.2, 0.25) is 0 Å². The predicted octanol–water partition coefficient (Wildman–Crippen LogP) is 10.8. The van der Waals surface area contributed by atoms with E-state index >= 15 is 0 Å². The van der Waals surface area contributed by atoms with E-state index in [0.29, 0.717) is 11.6 Å². The van der Waals surface area contributed by atoms with Crippen LogP contribution in [0.4, 0.5) is 0 Å². The lowest BCUT2D eigenvalue weighted by Gasteiger charge is -2.03. The van der Waals surface area contributed by atoms with Crippen molar-refractivity contribution in [2.24, 2.45) is 0 Å². The summed E-state index contributed by atoms with van der Waals surface area (Å²) < 4.78 is 0. The maximum Gasteiger partial charge on any atom is 0.133 e. The van der Waals surface area contributed by atoms with Gasteiger partial charge in [0.15, 0.2) is 0 Å². The van der Waals surface area contributed by atoms with E-state index in [0.717, 1.165) is 51.4 Å². The Balaban J connectivity index is 0.000000351. The lowest BCUT2D eigenvalue weighted by molar-refractivity contribution is -0.119. The Morgan fingerprint density at radius 1 is 0.286 bits per heavy atom. The van der Waals surface area contributed by atoms with Gasteiger partial charge >= 0.3 is 0 Å². The first-order valence-electron chi connectivity index (χ1n) is 15.6. The van der Waals surface area contributed by atoms with Gasteiger partial charge in [0.05, 0.1) is 0 Å². The van der Waals surface area contributed by atoms with E-state index in [4.69, 9.17) is 0 Å². The van der Waals surface area contributed by atoms with Crippen LogP contribution in [0.1, 0.15) is 173 Å². The minimum Gasteiger partial charge on any atom is -0.300 e. The van der Waals surface area contributed by atoms with E-state index in [1.54, 1.807) is 0 Å². The maximum atomic E-state index is 11.6. The van der Waals surface area contributed by atoms with Crippen LogP contribution in [-0.4, -0.2) is 11.6 Å². The van der Waals surface area contributed by atoms with Crippen LogP contribution in [0, 0.1) is 0 Å². The number of allylic oxidation sites excluding steroid dienone is 4. The maximum absolute atomic E-state index is 11.6. The molecule has 2 rings (SSSR count). The fourth-order valence-electron chi connectivity index (χ4n) is 5.03. The monoisotopic (exact) mass is 486 g/mol. The van der Waals surface area contributed by atoms with Gasteiger partial charge in [0.1, 0.15) is 11.6 Å². The number of ketones is 2. The van der Waals surface area contributed by atoms with E-state index in [1.165, 1.54) is 122 Å². The Kier molecular flexibility index (Phi) is 23.6. The molecule has 2 nitrogen and oxygen atoms in total. The highest BCUT2D eigenvalue weighted by atomic mass is 16.1. The second-order valence-electron chi connectivity index (χ2n) is 10.9. The molecule has 2 aliphatic rings. The van der Waals surface area contributed by atoms with Gasteiger partial charge in [-0.3, -0.25) is 9.59 Å². The van der Waals surface area contributed by atoms with Crippen molar-refractivity contribution in [2.45, 2.75) is 173 Å². The number of Topliss-reactive ketones (excluding diaryl/α,β-unsaturated/α-hetero) is 2. The molecule has 0 aliphatic heterocycles. The zero-order valence-electron chi connectivity index (χ0n) is 23.2. The van der Waals surface area contributed by atoms with Crippen molar-refractivity contribution < 1.29 is 9.59 Å². The average molecular weight is 487 g/mol. The summed E-state index contributed by atoms with van der Waals surface area (Å²) in [6.07, 6.45) is 41.8. The fraction of sp³-hybridized carbons (Fsp3) is 0.818. The molecule has 2 heteroatoms. The third-order valence-electron chi connectivity index (χ3n) is 7.42. The van der Waals surface area contributed by atoms with Crippen LogP contribution in [0.25, 0.3) is 0 Å². The minimum absolute atomic E-state index is 0.460. The lowest BCUT2D eigenvalue weighted by atomic mass is 10.0. The molecule has 202 valence electrons. The van der Waals surface area contributed by atoms with Crippen molar-refractivity contribution >= 4 is 11.6 Å². The molecule has 0 N–H and O–H groups in total. The summed E-state index contributed by atoms with van der Waals surface area (Å²) in [6.45, 7) is 0. The van der Waals surface area contributed by atoms with Gasteiger partial charge in [-0.1, -0.05) is 121 Å². The van der Waals surface area contributed by atoms with Gasteiger partial charge in [0.25, 0.3) is 0 Å². The molecule has 0 amide bonds. The predicted molar refractivity (Wildman–Crippen MR) is 153 cm³/mol. The molecule has 0 saturated carbocycles. The highest BCUT2D eigenvalue weighted by Gasteiger charge is 2.02. The summed E-state index contributed by atoms with van der Waals surface area (Å²) in [4.78, 5) is 23.1. The van der Waals surface area contributed by atoms with Crippen molar-refractivity contribution in [1.82, 2.24) is 0 Å². The summed E-state index contributed by atoms with van der Waals surface area (Å²) in [6, 6.07) is 0. The van der Waals surface area contributed by atoms with E-state index in [2.05, 4.69) is 24.3 Å². The number of hydrogen-bond donors (Lipinski definition) is 0. The summed E-state index contributed by atoms with van der Waals surface area (Å²) >= 11 is 0. The first-order chi connectivity index (χ1) is 17.3. The topological polar surface area (TPSA) is 34.1 Å². The lowest BCUT2D eigenvalue weighted by Crippen LogP contribution is -1.96. The second-order valence-corrected chi connectivity index (χ2v) is 10.9. The number of carbonyl (C=O) groups is 2. The summed E-state index contributed by atoms with van der Waals surface area (Å²) in [5.41, 5.74) is 0. The molecule has 0 aromatic carbocycles. The Morgan fingerprint density at radius 3 is 0.886 bits per heavy atom. The first-order valence-corrected chi connectivity index (χ1v) is 15.6. The van der Waals surface area contributed by atoms with Crippen LogP contribution >= 0.6 is 0 Å². The van der Waals surface area contributed by atoms with E-state index in [1.807, 2.05) is 0 Å². The third-order valence-corrected chi connectivity index (χ3v) is 7.42. The minimum atomic E-state index is 0.460. The number of carbonyl (C=O) groups excluding carboxylic acids is 2. The van der Waals surface area contributed by atoms with Gasteiger partial charge in [-0.15, -0.1) is 0 Å². The summed E-state index contributed by atoms with van der Waals surface area (Å²) in [5.74, 6) is 0.922. The van der Waals surface area contributed by atoms with Crippen molar-refractivity contribution in [2.75, 3.05) is 0 Å². The molecule has 0 fully saturated rings. The second kappa shape index (κ2) is 25.9. The third kappa shape index (κ3) is 24.3. The number of rotatable bonds is 0. The zero-order chi connectivity index (χ0) is 25.1. The first kappa shape index (κ1) is 31.8. The van der Waals surface area contributed by atoms with Crippen LogP contribution in [0.2, 0.25) is 0 Å². The molecule has 0 heterocycles. The summed E-state index contributed by atoms with van der Waals surface area (Å²) in [7, 11) is 0. The van der Waals surface area contributed by atoms with E-state index < -0.39 is 0 Å². The molecule has 0 unspecified atom stereocenters. The Morgan fingerprint density at radius 2 is 0.543 bits per heavy atom. The molecule has 0 aromatic rings. The van der Waals surface area contributed by atoms with Crippen molar-refractivity contribution in [3.8, 4) is 0 Å². The van der Waals surface area contributed by atoms with Crippen LogP contribution < -0.4 is 0 Å². The number of hydrogen-bond acceptors (Lipinski definition) is 2. The van der Waals surface area contributed by atoms with Crippen molar-refractivity contribution in [3.05, 3.63) is 24.3 Å². The van der Waals surface area contributed by atoms with Gasteiger partial charge in [-0.05, 0) is 51.4 Å². The van der Waals surface area contributed by atoms with Crippen LogP contribution in [0.15, 0.2) is 24.3 Å². The molecule has 0 bridgehead atoms. The molecule has 0 atom stereocenters. The van der Waals surface area contributed by atoms with Crippen LogP contribution in [0.5, 0.6) is 0 Å². The Bertz CT molecular complexity index is 545. The van der Waals surface area contributed by atoms with Crippen molar-refractivity contribution in [3.63, 3.8) is 0 Å². The largest absolute Gasteiger partial charge is 0.300 e. The van der Waals surface area contributed by atoms with Crippen LogP contribution in [-0.2, 0) is 9.59 Å². The quantitative estimate of drug-likeness (QED) is 0.319. The zero-order valence-corrected chi connectivity index (χ0v) is 23.2. The molecule has 35 heavy (non-hydrogen) atoms. The van der Waals surface area contributed by atoms with Gasteiger partial charge in [-0.2, -0.15) is 0 Å². The summed E-state index contributed by atoms with van der Waals surface area (Å²) in [5, 5.41) is 0. The highest BCUT2D eigenvalue weighted by molar-refractivity contribution is 5.78. The Hall–Kier alpha value is -1.18. The van der Waals surface area contributed by atoms with Gasteiger partial charge < -0.3 is 0 Å². The fourth-order valence-corrected chi connectivity index (χ4v) is 5.03. The molecule has 0 radical (unpaired) electrons. The smallest absolute Gasteiger partial charge is 0.133 e. The molecule has 0 saturated heterocycles. The molecule has 2 aliphatic carbocycles. The molecule has 0 aromatic heterocycles. The highest BCUT2D eigenvalue weighted by Crippen LogP contribution is 2.14. The SMILES string of the molecule is O=C1CC/C=C/CCCCCCCCCCC1.O=C1CC/C=C\CCCCCCCCCCCC1. The average Bonchev–Trinajstić information content (AvgIpc) is 2.85.